The van der Waals surface area contributed by atoms with E-state index >= 15 is 0 Å². The zero-order valence-electron chi connectivity index (χ0n) is 9.82. The van der Waals surface area contributed by atoms with Crippen molar-refractivity contribution in [1.29, 1.82) is 0 Å². The quantitative estimate of drug-likeness (QED) is 0.797. The van der Waals surface area contributed by atoms with Crippen LogP contribution < -0.4 is 5.32 Å². The molecule has 1 heterocycles. The van der Waals surface area contributed by atoms with E-state index in [2.05, 4.69) is 29.3 Å². The van der Waals surface area contributed by atoms with Gasteiger partial charge in [-0.1, -0.05) is 24.3 Å². The molecule has 2 rings (SSSR count). The van der Waals surface area contributed by atoms with E-state index in [4.69, 9.17) is 5.11 Å². The Labute approximate surface area is 97.1 Å². The molecule has 1 aromatic carbocycles. The fraction of sp³-hybridized carbons (Fsp3) is 0.538. The smallest absolute Gasteiger partial charge is 0.0681 e. The molecule has 3 nitrogen and oxygen atoms in total. The van der Waals surface area contributed by atoms with Crippen molar-refractivity contribution in [1.82, 2.24) is 10.2 Å². The Bertz CT molecular complexity index is 323. The van der Waals surface area contributed by atoms with Gasteiger partial charge in [-0.2, -0.15) is 0 Å². The Balaban J connectivity index is 1.96. The molecule has 1 atom stereocenters. The lowest BCUT2D eigenvalue weighted by atomic mass is 10.1. The third kappa shape index (κ3) is 2.82. The molecule has 0 bridgehead atoms. The second-order valence-corrected chi connectivity index (χ2v) is 4.50. The summed E-state index contributed by atoms with van der Waals surface area (Å²) in [6.45, 7) is 6.67. The summed E-state index contributed by atoms with van der Waals surface area (Å²) in [5.74, 6) is 0. The van der Waals surface area contributed by atoms with Crippen LogP contribution in [-0.2, 0) is 13.2 Å². The van der Waals surface area contributed by atoms with Crippen molar-refractivity contribution in [3.63, 3.8) is 0 Å². The van der Waals surface area contributed by atoms with Crippen molar-refractivity contribution in [2.45, 2.75) is 26.1 Å². The van der Waals surface area contributed by atoms with Crippen molar-refractivity contribution in [2.24, 2.45) is 0 Å². The third-order valence-corrected chi connectivity index (χ3v) is 3.23. The Kier molecular flexibility index (Phi) is 3.93. The topological polar surface area (TPSA) is 35.5 Å². The van der Waals surface area contributed by atoms with Crippen LogP contribution in [0.15, 0.2) is 24.3 Å². The number of hydrogen-bond donors (Lipinski definition) is 2. The monoisotopic (exact) mass is 220 g/mol. The molecule has 0 amide bonds. The van der Waals surface area contributed by atoms with Gasteiger partial charge in [0.2, 0.25) is 0 Å². The van der Waals surface area contributed by atoms with Gasteiger partial charge in [0.25, 0.3) is 0 Å². The number of nitrogens with one attached hydrogen (secondary N) is 1. The van der Waals surface area contributed by atoms with Gasteiger partial charge >= 0.3 is 0 Å². The summed E-state index contributed by atoms with van der Waals surface area (Å²) < 4.78 is 0. The van der Waals surface area contributed by atoms with Gasteiger partial charge in [-0.25, -0.2) is 0 Å². The van der Waals surface area contributed by atoms with Gasteiger partial charge in [0, 0.05) is 32.2 Å². The molecule has 2 N–H and O–H groups in total. The van der Waals surface area contributed by atoms with E-state index in [-0.39, 0.29) is 6.61 Å². The lowest BCUT2D eigenvalue weighted by molar-refractivity contribution is 0.165. The highest BCUT2D eigenvalue weighted by atomic mass is 16.3. The predicted octanol–water partition coefficient (Wildman–Crippen LogP) is 0.973. The highest BCUT2D eigenvalue weighted by molar-refractivity contribution is 5.22. The second kappa shape index (κ2) is 5.43. The van der Waals surface area contributed by atoms with Gasteiger partial charge < -0.3 is 10.4 Å². The Hall–Kier alpha value is -0.900. The van der Waals surface area contributed by atoms with Crippen LogP contribution in [0, 0.1) is 0 Å². The highest BCUT2D eigenvalue weighted by Crippen LogP contribution is 2.11. The number of piperazine rings is 1. The van der Waals surface area contributed by atoms with Gasteiger partial charge in [0.1, 0.15) is 0 Å². The van der Waals surface area contributed by atoms with Crippen molar-refractivity contribution in [2.75, 3.05) is 19.6 Å². The van der Waals surface area contributed by atoms with Gasteiger partial charge in [-0.3, -0.25) is 4.90 Å². The normalized spacial score (nSPS) is 22.2. The molecule has 1 aliphatic rings. The number of aliphatic hydroxyl groups is 1. The minimum absolute atomic E-state index is 0.129. The molecule has 3 heteroatoms. The summed E-state index contributed by atoms with van der Waals surface area (Å²) in [6.07, 6.45) is 0. The molecule has 1 aromatic rings. The standard InChI is InChI=1S/C13H20N2O/c1-11-8-14-6-7-15(11)9-12-2-4-13(10-16)5-3-12/h2-5,11,14,16H,6-10H2,1H3/t11-/m1/s1. The van der Waals surface area contributed by atoms with Crippen molar-refractivity contribution in [3.05, 3.63) is 35.4 Å². The van der Waals surface area contributed by atoms with Crippen molar-refractivity contribution >= 4 is 0 Å². The number of benzene rings is 1. The zero-order valence-corrected chi connectivity index (χ0v) is 9.82. The number of aliphatic hydroxyl groups excluding tert-OH is 1. The van der Waals surface area contributed by atoms with Crippen molar-refractivity contribution < 1.29 is 5.11 Å². The summed E-state index contributed by atoms with van der Waals surface area (Å²) in [6, 6.07) is 8.83. The fourth-order valence-corrected chi connectivity index (χ4v) is 2.10. The highest BCUT2D eigenvalue weighted by Gasteiger charge is 2.17. The number of nitrogens with zero attached hydrogens (tertiary/aromatic N) is 1. The lowest BCUT2D eigenvalue weighted by Gasteiger charge is -2.33. The maximum Gasteiger partial charge on any atom is 0.0681 e. The first-order valence-corrected chi connectivity index (χ1v) is 5.93. The average Bonchev–Trinajstić information content (AvgIpc) is 2.33. The van der Waals surface area contributed by atoms with Gasteiger partial charge in [-0.15, -0.1) is 0 Å². The zero-order chi connectivity index (χ0) is 11.4. The molecule has 0 aliphatic carbocycles. The van der Waals surface area contributed by atoms with E-state index in [1.165, 1.54) is 5.56 Å². The minimum Gasteiger partial charge on any atom is -0.392 e. The van der Waals surface area contributed by atoms with E-state index in [1.54, 1.807) is 0 Å². The van der Waals surface area contributed by atoms with Gasteiger partial charge in [0.05, 0.1) is 6.61 Å². The van der Waals surface area contributed by atoms with E-state index in [0.29, 0.717) is 6.04 Å². The fourth-order valence-electron chi connectivity index (χ4n) is 2.10. The molecule has 0 aromatic heterocycles. The molecule has 1 saturated heterocycles. The van der Waals surface area contributed by atoms with Crippen LogP contribution in [0.25, 0.3) is 0 Å². The summed E-state index contributed by atoms with van der Waals surface area (Å²) in [5.41, 5.74) is 2.31. The summed E-state index contributed by atoms with van der Waals surface area (Å²) in [4.78, 5) is 2.49. The molecule has 0 saturated carbocycles. The van der Waals surface area contributed by atoms with Gasteiger partial charge in [0.15, 0.2) is 0 Å². The first kappa shape index (κ1) is 11.6. The lowest BCUT2D eigenvalue weighted by Crippen LogP contribution is -2.49. The Morgan fingerprint density at radius 1 is 1.31 bits per heavy atom. The Morgan fingerprint density at radius 2 is 2.00 bits per heavy atom. The van der Waals surface area contributed by atoms with Crippen LogP contribution in [0.3, 0.4) is 0 Å². The van der Waals surface area contributed by atoms with E-state index in [0.717, 1.165) is 31.7 Å². The van der Waals surface area contributed by atoms with Crippen LogP contribution in [0.5, 0.6) is 0 Å². The maximum absolute atomic E-state index is 8.97. The van der Waals surface area contributed by atoms with Gasteiger partial charge in [-0.05, 0) is 18.1 Å². The second-order valence-electron chi connectivity index (χ2n) is 4.50. The van der Waals surface area contributed by atoms with E-state index in [1.807, 2.05) is 12.1 Å². The largest absolute Gasteiger partial charge is 0.392 e. The van der Waals surface area contributed by atoms with Crippen LogP contribution in [0.1, 0.15) is 18.1 Å². The first-order valence-electron chi connectivity index (χ1n) is 5.93. The molecular formula is C13H20N2O. The number of hydrogen-bond acceptors (Lipinski definition) is 3. The van der Waals surface area contributed by atoms with Crippen LogP contribution in [0.4, 0.5) is 0 Å². The molecule has 0 spiro atoms. The SMILES string of the molecule is C[C@@H]1CNCCN1Cc1ccc(CO)cc1. The average molecular weight is 220 g/mol. The third-order valence-electron chi connectivity index (χ3n) is 3.23. The maximum atomic E-state index is 8.97. The van der Waals surface area contributed by atoms with E-state index < -0.39 is 0 Å². The Morgan fingerprint density at radius 3 is 2.62 bits per heavy atom. The molecule has 1 aliphatic heterocycles. The first-order chi connectivity index (χ1) is 7.79. The van der Waals surface area contributed by atoms with Crippen LogP contribution in [-0.4, -0.2) is 35.7 Å². The van der Waals surface area contributed by atoms with E-state index in [9.17, 15) is 0 Å². The molecule has 0 radical (unpaired) electrons. The van der Waals surface area contributed by atoms with Crippen molar-refractivity contribution in [3.8, 4) is 0 Å². The van der Waals surface area contributed by atoms with Crippen LogP contribution in [0.2, 0.25) is 0 Å². The van der Waals surface area contributed by atoms with Crippen LogP contribution >= 0.6 is 0 Å². The summed E-state index contributed by atoms with van der Waals surface area (Å²) >= 11 is 0. The molecule has 1 fully saturated rings. The molecule has 16 heavy (non-hydrogen) atoms. The molecule has 88 valence electrons. The minimum atomic E-state index is 0.129. The summed E-state index contributed by atoms with van der Waals surface area (Å²) in [5, 5.41) is 12.4. The number of rotatable bonds is 3. The molecular weight excluding hydrogens is 200 g/mol. The predicted molar refractivity (Wildman–Crippen MR) is 65.1 cm³/mol. The molecule has 0 unspecified atom stereocenters. The summed E-state index contributed by atoms with van der Waals surface area (Å²) in [7, 11) is 0.